The number of nitrogens with two attached hydrogens (primary N) is 1. The maximum absolute atomic E-state index is 5.43. The second kappa shape index (κ2) is 6.24. The summed E-state index contributed by atoms with van der Waals surface area (Å²) in [5.41, 5.74) is 6.40. The van der Waals surface area contributed by atoms with Gasteiger partial charge in [0.15, 0.2) is 5.82 Å². The van der Waals surface area contributed by atoms with E-state index in [0.717, 1.165) is 5.69 Å². The van der Waals surface area contributed by atoms with Crippen LogP contribution < -0.4 is 5.73 Å². The van der Waals surface area contributed by atoms with Crippen molar-refractivity contribution in [2.75, 3.05) is 7.11 Å². The zero-order valence-corrected chi connectivity index (χ0v) is 11.6. The molecular formula is C11H13IN4O. The lowest BCUT2D eigenvalue weighted by Crippen LogP contribution is -2.12. The molecule has 2 aromatic rings. The number of benzene rings is 1. The smallest absolute Gasteiger partial charge is 0.288 e. The molecule has 0 fully saturated rings. The van der Waals surface area contributed by atoms with Crippen LogP contribution in [0.25, 0.3) is 5.69 Å². The Bertz CT molecular complexity index is 495. The Hall–Kier alpha value is -1.57. The number of amidine groups is 1. The summed E-state index contributed by atoms with van der Waals surface area (Å²) in [5, 5.41) is 4.24. The van der Waals surface area contributed by atoms with E-state index in [9.17, 15) is 0 Å². The summed E-state index contributed by atoms with van der Waals surface area (Å²) in [7, 11) is 1.47. The highest BCUT2D eigenvalue weighted by atomic mass is 127. The molecule has 0 aliphatic heterocycles. The van der Waals surface area contributed by atoms with Crippen LogP contribution in [0.15, 0.2) is 47.6 Å². The predicted octanol–water partition coefficient (Wildman–Crippen LogP) is 2.08. The van der Waals surface area contributed by atoms with E-state index in [1.807, 2.05) is 36.5 Å². The minimum atomic E-state index is 0. The molecule has 0 atom stereocenters. The second-order valence-electron chi connectivity index (χ2n) is 3.11. The van der Waals surface area contributed by atoms with Gasteiger partial charge in [-0.1, -0.05) is 18.2 Å². The van der Waals surface area contributed by atoms with Gasteiger partial charge in [0, 0.05) is 12.3 Å². The predicted molar refractivity (Wildman–Crippen MR) is 77.3 cm³/mol. The van der Waals surface area contributed by atoms with E-state index >= 15 is 0 Å². The number of hydrogen-bond donors (Lipinski definition) is 1. The normalized spacial score (nSPS) is 10.8. The largest absolute Gasteiger partial charge is 0.468 e. The second-order valence-corrected chi connectivity index (χ2v) is 3.11. The first-order valence-electron chi connectivity index (χ1n) is 4.79. The number of rotatable bonds is 2. The lowest BCUT2D eigenvalue weighted by molar-refractivity contribution is 0.397. The SMILES string of the molecule is COC(N)=Nc1ccn(-c2ccccc2)n1.I. The van der Waals surface area contributed by atoms with Crippen LogP contribution in [0.3, 0.4) is 0 Å². The van der Waals surface area contributed by atoms with Gasteiger partial charge in [-0.25, -0.2) is 4.68 Å². The van der Waals surface area contributed by atoms with Gasteiger partial charge in [0.25, 0.3) is 6.02 Å². The summed E-state index contributed by atoms with van der Waals surface area (Å²) in [4.78, 5) is 3.96. The number of hydrogen-bond acceptors (Lipinski definition) is 3. The standard InChI is InChI=1S/C11H12N4O.HI/c1-16-11(12)13-10-7-8-15(14-10)9-5-3-2-4-6-9;/h2-8H,1H3,(H2,12,13,14);1H. The van der Waals surface area contributed by atoms with E-state index in [-0.39, 0.29) is 30.0 Å². The van der Waals surface area contributed by atoms with E-state index in [1.165, 1.54) is 7.11 Å². The van der Waals surface area contributed by atoms with Crippen molar-refractivity contribution in [1.29, 1.82) is 0 Å². The number of nitrogens with zero attached hydrogens (tertiary/aromatic N) is 3. The zero-order chi connectivity index (χ0) is 11.4. The molecule has 2 rings (SSSR count). The number of para-hydroxylation sites is 1. The molecule has 0 amide bonds. The van der Waals surface area contributed by atoms with Gasteiger partial charge < -0.3 is 10.5 Å². The molecule has 6 heteroatoms. The van der Waals surface area contributed by atoms with Crippen molar-refractivity contribution in [3.63, 3.8) is 0 Å². The topological polar surface area (TPSA) is 65.4 Å². The minimum Gasteiger partial charge on any atom is -0.468 e. The lowest BCUT2D eigenvalue weighted by atomic mass is 10.3. The van der Waals surface area contributed by atoms with Crippen LogP contribution in [-0.2, 0) is 4.74 Å². The Balaban J connectivity index is 0.00000144. The Morgan fingerprint density at radius 1 is 1.29 bits per heavy atom. The van der Waals surface area contributed by atoms with E-state index in [0.29, 0.717) is 5.82 Å². The molecule has 1 aromatic carbocycles. The van der Waals surface area contributed by atoms with Crippen LogP contribution in [-0.4, -0.2) is 22.9 Å². The first kappa shape index (κ1) is 13.5. The molecule has 1 heterocycles. The Morgan fingerprint density at radius 2 is 2.00 bits per heavy atom. The Morgan fingerprint density at radius 3 is 2.65 bits per heavy atom. The first-order chi connectivity index (χ1) is 7.79. The molecular weight excluding hydrogens is 331 g/mol. The van der Waals surface area contributed by atoms with Gasteiger partial charge in [-0.05, 0) is 12.1 Å². The van der Waals surface area contributed by atoms with Gasteiger partial charge in [-0.2, -0.15) is 4.99 Å². The number of ether oxygens (including phenoxy) is 1. The van der Waals surface area contributed by atoms with Crippen LogP contribution >= 0.6 is 24.0 Å². The van der Waals surface area contributed by atoms with Gasteiger partial charge in [0.1, 0.15) is 0 Å². The van der Waals surface area contributed by atoms with Crippen LogP contribution in [0.5, 0.6) is 0 Å². The molecule has 0 radical (unpaired) electrons. The van der Waals surface area contributed by atoms with Gasteiger partial charge in [-0.15, -0.1) is 29.1 Å². The van der Waals surface area contributed by atoms with Crippen LogP contribution in [0.4, 0.5) is 5.82 Å². The maximum Gasteiger partial charge on any atom is 0.288 e. The zero-order valence-electron chi connectivity index (χ0n) is 9.28. The van der Waals surface area contributed by atoms with Crippen molar-refractivity contribution in [2.45, 2.75) is 0 Å². The third-order valence-electron chi connectivity index (χ3n) is 2.03. The molecule has 0 bridgehead atoms. The number of methoxy groups -OCH3 is 1. The van der Waals surface area contributed by atoms with E-state index < -0.39 is 0 Å². The highest BCUT2D eigenvalue weighted by Crippen LogP contribution is 2.11. The third-order valence-corrected chi connectivity index (χ3v) is 2.03. The summed E-state index contributed by atoms with van der Waals surface area (Å²) in [6.45, 7) is 0. The van der Waals surface area contributed by atoms with Gasteiger partial charge in [0.05, 0.1) is 12.8 Å². The van der Waals surface area contributed by atoms with Gasteiger partial charge in [0.2, 0.25) is 0 Å². The summed E-state index contributed by atoms with van der Waals surface area (Å²) in [5.74, 6) is 0.517. The molecule has 17 heavy (non-hydrogen) atoms. The van der Waals surface area contributed by atoms with Crippen LogP contribution in [0.1, 0.15) is 0 Å². The van der Waals surface area contributed by atoms with E-state index in [1.54, 1.807) is 10.7 Å². The average Bonchev–Trinajstić information content (AvgIpc) is 2.78. The molecule has 0 unspecified atom stereocenters. The van der Waals surface area contributed by atoms with Crippen molar-refractivity contribution < 1.29 is 4.74 Å². The summed E-state index contributed by atoms with van der Waals surface area (Å²) >= 11 is 0. The third kappa shape index (κ3) is 3.45. The van der Waals surface area contributed by atoms with Crippen LogP contribution in [0, 0.1) is 0 Å². The highest BCUT2D eigenvalue weighted by molar-refractivity contribution is 14.0. The quantitative estimate of drug-likeness (QED) is 0.515. The molecule has 2 N–H and O–H groups in total. The number of aliphatic imine (C=N–C) groups is 1. The molecule has 0 aliphatic carbocycles. The Labute approximate surface area is 116 Å². The molecule has 0 spiro atoms. The summed E-state index contributed by atoms with van der Waals surface area (Å²) in [6, 6.07) is 11.6. The van der Waals surface area contributed by atoms with E-state index in [2.05, 4.69) is 10.1 Å². The summed E-state index contributed by atoms with van der Waals surface area (Å²) < 4.78 is 6.47. The average molecular weight is 344 g/mol. The fourth-order valence-corrected chi connectivity index (χ4v) is 1.26. The fourth-order valence-electron chi connectivity index (χ4n) is 1.26. The van der Waals surface area contributed by atoms with Gasteiger partial charge >= 0.3 is 0 Å². The molecule has 90 valence electrons. The summed E-state index contributed by atoms with van der Waals surface area (Å²) in [6.07, 6.45) is 1.82. The number of aromatic nitrogens is 2. The highest BCUT2D eigenvalue weighted by Gasteiger charge is 2.00. The molecule has 1 aromatic heterocycles. The van der Waals surface area contributed by atoms with Crippen molar-refractivity contribution in [3.05, 3.63) is 42.6 Å². The molecule has 5 nitrogen and oxygen atoms in total. The van der Waals surface area contributed by atoms with Crippen LogP contribution in [0.2, 0.25) is 0 Å². The van der Waals surface area contributed by atoms with Crippen molar-refractivity contribution >= 4 is 35.8 Å². The number of halogens is 1. The molecule has 0 saturated heterocycles. The minimum absolute atomic E-state index is 0. The molecule has 0 saturated carbocycles. The fraction of sp³-hybridized carbons (Fsp3) is 0.0909. The molecule has 0 aliphatic rings. The van der Waals surface area contributed by atoms with E-state index in [4.69, 9.17) is 10.5 Å². The van der Waals surface area contributed by atoms with Crippen molar-refractivity contribution in [2.24, 2.45) is 10.7 Å². The monoisotopic (exact) mass is 344 g/mol. The van der Waals surface area contributed by atoms with Crippen molar-refractivity contribution in [1.82, 2.24) is 9.78 Å². The maximum atomic E-state index is 5.43. The Kier molecular flexibility index (Phi) is 4.95. The van der Waals surface area contributed by atoms with Crippen molar-refractivity contribution in [3.8, 4) is 5.69 Å². The first-order valence-corrected chi connectivity index (χ1v) is 4.79. The lowest BCUT2D eigenvalue weighted by Gasteiger charge is -1.98. The van der Waals surface area contributed by atoms with Gasteiger partial charge in [-0.3, -0.25) is 0 Å².